The molecule has 4 heteroatoms. The van der Waals surface area contributed by atoms with E-state index in [1.807, 2.05) is 11.6 Å². The Morgan fingerprint density at radius 3 is 2.88 bits per heavy atom. The van der Waals surface area contributed by atoms with Crippen molar-refractivity contribution >= 4 is 11.0 Å². The number of pyridine rings is 1. The quantitative estimate of drug-likeness (QED) is 0.820. The number of hydrogen-bond acceptors (Lipinski definition) is 2. The lowest BCUT2D eigenvalue weighted by Gasteiger charge is -2.22. The number of nitrogens with one attached hydrogen (secondary N) is 1. The molecule has 2 heterocycles. The predicted molar refractivity (Wildman–Crippen MR) is 67.2 cm³/mol. The first kappa shape index (κ1) is 10.6. The van der Waals surface area contributed by atoms with Crippen LogP contribution in [0.2, 0.25) is 0 Å². The summed E-state index contributed by atoms with van der Waals surface area (Å²) in [6.45, 7) is 1.92. The van der Waals surface area contributed by atoms with Crippen LogP contribution in [0.25, 0.3) is 11.0 Å². The van der Waals surface area contributed by atoms with Crippen LogP contribution in [-0.4, -0.2) is 14.8 Å². The molecule has 90 valence electrons. The Morgan fingerprint density at radius 2 is 2.12 bits per heavy atom. The molecule has 1 N–H and O–H groups in total. The molecule has 17 heavy (non-hydrogen) atoms. The molecule has 0 bridgehead atoms. The van der Waals surface area contributed by atoms with Crippen molar-refractivity contribution in [2.75, 3.05) is 0 Å². The van der Waals surface area contributed by atoms with Gasteiger partial charge in [-0.25, -0.2) is 4.68 Å². The molecule has 0 aliphatic heterocycles. The minimum absolute atomic E-state index is 0.0679. The molecule has 2 aromatic rings. The average molecular weight is 231 g/mol. The number of nitrogens with zero attached hydrogens (tertiary/aromatic N) is 2. The standard InChI is InChI=1S/C13H17N3O/c1-9-7-12(17)11-8-14-16(13(11)15-9)10-5-3-2-4-6-10/h7-8,10H,2-6H2,1H3,(H,15,17). The van der Waals surface area contributed by atoms with Crippen LogP contribution in [0.4, 0.5) is 0 Å². The molecule has 0 aromatic carbocycles. The molecule has 1 saturated carbocycles. The summed E-state index contributed by atoms with van der Waals surface area (Å²) in [4.78, 5) is 15.1. The van der Waals surface area contributed by atoms with Crippen molar-refractivity contribution in [2.24, 2.45) is 0 Å². The summed E-state index contributed by atoms with van der Waals surface area (Å²) in [7, 11) is 0. The van der Waals surface area contributed by atoms with E-state index in [1.165, 1.54) is 32.1 Å². The maximum absolute atomic E-state index is 11.8. The van der Waals surface area contributed by atoms with E-state index < -0.39 is 0 Å². The van der Waals surface area contributed by atoms with Crippen LogP contribution in [0.15, 0.2) is 17.1 Å². The summed E-state index contributed by atoms with van der Waals surface area (Å²) < 4.78 is 2.02. The Hall–Kier alpha value is -1.58. The second kappa shape index (κ2) is 4.02. The lowest BCUT2D eigenvalue weighted by atomic mass is 9.96. The van der Waals surface area contributed by atoms with Crippen LogP contribution in [-0.2, 0) is 0 Å². The van der Waals surface area contributed by atoms with E-state index in [0.29, 0.717) is 11.4 Å². The van der Waals surface area contributed by atoms with Crippen molar-refractivity contribution in [3.63, 3.8) is 0 Å². The first-order valence-corrected chi connectivity index (χ1v) is 6.33. The molecule has 0 atom stereocenters. The Balaban J connectivity index is 2.13. The van der Waals surface area contributed by atoms with Gasteiger partial charge in [-0.15, -0.1) is 0 Å². The summed E-state index contributed by atoms with van der Waals surface area (Å²) in [5.74, 6) is 0. The number of H-pyrrole nitrogens is 1. The fourth-order valence-corrected chi connectivity index (χ4v) is 2.77. The highest BCUT2D eigenvalue weighted by Gasteiger charge is 2.18. The van der Waals surface area contributed by atoms with Crippen LogP contribution in [0.1, 0.15) is 43.8 Å². The number of fused-ring (bicyclic) bond motifs is 1. The van der Waals surface area contributed by atoms with Crippen molar-refractivity contribution in [3.05, 3.63) is 28.2 Å². The zero-order chi connectivity index (χ0) is 11.8. The highest BCUT2D eigenvalue weighted by Crippen LogP contribution is 2.29. The largest absolute Gasteiger partial charge is 0.344 e. The summed E-state index contributed by atoms with van der Waals surface area (Å²) in [5, 5.41) is 5.12. The third-order valence-corrected chi connectivity index (χ3v) is 3.64. The number of aromatic amines is 1. The van der Waals surface area contributed by atoms with E-state index in [4.69, 9.17) is 0 Å². The topological polar surface area (TPSA) is 50.7 Å². The van der Waals surface area contributed by atoms with Gasteiger partial charge >= 0.3 is 0 Å². The van der Waals surface area contributed by atoms with E-state index in [-0.39, 0.29) is 5.43 Å². The molecule has 0 radical (unpaired) electrons. The summed E-state index contributed by atoms with van der Waals surface area (Å²) in [6.07, 6.45) is 7.90. The number of rotatable bonds is 1. The van der Waals surface area contributed by atoms with Crippen molar-refractivity contribution < 1.29 is 0 Å². The molecule has 1 fully saturated rings. The van der Waals surface area contributed by atoms with Gasteiger partial charge in [-0.1, -0.05) is 19.3 Å². The SMILES string of the molecule is Cc1cc(=O)c2cnn(C3CCCCC3)c2[nH]1. The second-order valence-corrected chi connectivity index (χ2v) is 4.96. The maximum Gasteiger partial charge on any atom is 0.192 e. The van der Waals surface area contributed by atoms with E-state index in [0.717, 1.165) is 11.3 Å². The molecule has 0 spiro atoms. The lowest BCUT2D eigenvalue weighted by molar-refractivity contribution is 0.336. The lowest BCUT2D eigenvalue weighted by Crippen LogP contribution is -2.15. The number of aromatic nitrogens is 3. The Morgan fingerprint density at radius 1 is 1.35 bits per heavy atom. The molecule has 2 aromatic heterocycles. The Labute approximate surface area is 99.7 Å². The molecule has 1 aliphatic rings. The van der Waals surface area contributed by atoms with Gasteiger partial charge in [0.2, 0.25) is 0 Å². The van der Waals surface area contributed by atoms with Crippen molar-refractivity contribution in [2.45, 2.75) is 45.1 Å². The smallest absolute Gasteiger partial charge is 0.192 e. The first-order valence-electron chi connectivity index (χ1n) is 6.33. The van der Waals surface area contributed by atoms with E-state index in [2.05, 4.69) is 10.1 Å². The van der Waals surface area contributed by atoms with Gasteiger partial charge in [0.25, 0.3) is 0 Å². The van der Waals surface area contributed by atoms with Crippen LogP contribution in [0.5, 0.6) is 0 Å². The van der Waals surface area contributed by atoms with Crippen LogP contribution >= 0.6 is 0 Å². The Bertz CT molecular complexity index is 590. The fourth-order valence-electron chi connectivity index (χ4n) is 2.77. The zero-order valence-electron chi connectivity index (χ0n) is 10.1. The van der Waals surface area contributed by atoms with Gasteiger partial charge in [0.1, 0.15) is 5.65 Å². The second-order valence-electron chi connectivity index (χ2n) is 4.96. The van der Waals surface area contributed by atoms with Gasteiger partial charge in [0.05, 0.1) is 17.6 Å². The molecule has 0 amide bonds. The Kier molecular flexibility index (Phi) is 2.50. The van der Waals surface area contributed by atoms with Crippen LogP contribution in [0, 0.1) is 6.92 Å². The maximum atomic E-state index is 11.8. The normalized spacial score (nSPS) is 17.7. The molecule has 0 saturated heterocycles. The third kappa shape index (κ3) is 1.77. The van der Waals surface area contributed by atoms with Gasteiger partial charge in [0, 0.05) is 11.8 Å². The van der Waals surface area contributed by atoms with Gasteiger partial charge in [-0.2, -0.15) is 5.10 Å². The van der Waals surface area contributed by atoms with Gasteiger partial charge in [0.15, 0.2) is 5.43 Å². The first-order chi connectivity index (χ1) is 8.25. The van der Waals surface area contributed by atoms with Crippen LogP contribution < -0.4 is 5.43 Å². The number of hydrogen-bond donors (Lipinski definition) is 1. The highest BCUT2D eigenvalue weighted by atomic mass is 16.1. The molecule has 1 aliphatic carbocycles. The zero-order valence-corrected chi connectivity index (χ0v) is 10.1. The van der Waals surface area contributed by atoms with Crippen molar-refractivity contribution in [1.82, 2.24) is 14.8 Å². The van der Waals surface area contributed by atoms with Crippen LogP contribution in [0.3, 0.4) is 0 Å². The van der Waals surface area contributed by atoms with Crippen molar-refractivity contribution in [3.8, 4) is 0 Å². The van der Waals surface area contributed by atoms with E-state index in [1.54, 1.807) is 12.3 Å². The predicted octanol–water partition coefficient (Wildman–Crippen LogP) is 2.54. The molecular formula is C13H17N3O. The molecule has 0 unspecified atom stereocenters. The third-order valence-electron chi connectivity index (χ3n) is 3.64. The molecule has 3 rings (SSSR count). The molecule has 4 nitrogen and oxygen atoms in total. The monoisotopic (exact) mass is 231 g/mol. The molecular weight excluding hydrogens is 214 g/mol. The van der Waals surface area contributed by atoms with E-state index >= 15 is 0 Å². The minimum atomic E-state index is 0.0679. The summed E-state index contributed by atoms with van der Waals surface area (Å²) >= 11 is 0. The highest BCUT2D eigenvalue weighted by molar-refractivity contribution is 5.74. The summed E-state index contributed by atoms with van der Waals surface area (Å²) in [5.41, 5.74) is 1.86. The van der Waals surface area contributed by atoms with Crippen molar-refractivity contribution in [1.29, 1.82) is 0 Å². The average Bonchev–Trinajstić information content (AvgIpc) is 2.74. The van der Waals surface area contributed by atoms with E-state index in [9.17, 15) is 4.79 Å². The van der Waals surface area contributed by atoms with Gasteiger partial charge < -0.3 is 4.98 Å². The minimum Gasteiger partial charge on any atom is -0.344 e. The van der Waals surface area contributed by atoms with Gasteiger partial charge in [-0.05, 0) is 19.8 Å². The summed E-state index contributed by atoms with van der Waals surface area (Å²) in [6, 6.07) is 2.09. The number of aryl methyl sites for hydroxylation is 1. The van der Waals surface area contributed by atoms with Gasteiger partial charge in [-0.3, -0.25) is 4.79 Å². The fraction of sp³-hybridized carbons (Fsp3) is 0.538.